The Morgan fingerprint density at radius 2 is 1.66 bits per heavy atom. The van der Waals surface area contributed by atoms with Gasteiger partial charge in [0.15, 0.2) is 17.5 Å². The first-order valence-electron chi connectivity index (χ1n) is 12.9. The smallest absolute Gasteiger partial charge is 0.481 e. The molecule has 0 aliphatic heterocycles. The molecule has 0 spiro atoms. The predicted octanol–water partition coefficient (Wildman–Crippen LogP) is 9.83. The van der Waals surface area contributed by atoms with Gasteiger partial charge in [-0.2, -0.15) is 13.2 Å². The molecule has 1 N–H and O–H groups in total. The Morgan fingerprint density at radius 1 is 1.00 bits per heavy atom. The van der Waals surface area contributed by atoms with Gasteiger partial charge in [-0.1, -0.05) is 55.2 Å². The average molecular weight is 602 g/mol. The predicted molar refractivity (Wildman–Crippen MR) is 151 cm³/mol. The topological polar surface area (TPSA) is 30.5 Å². The lowest BCUT2D eigenvalue weighted by atomic mass is 9.95. The van der Waals surface area contributed by atoms with Gasteiger partial charge in [0.1, 0.15) is 12.4 Å². The van der Waals surface area contributed by atoms with Crippen LogP contribution in [0.15, 0.2) is 72.0 Å². The summed E-state index contributed by atoms with van der Waals surface area (Å²) in [5, 5.41) is 1.81. The zero-order valence-electron chi connectivity index (χ0n) is 23.2. The number of hydrogen-bond acceptors (Lipinski definition) is 3. The maximum absolute atomic E-state index is 14.1. The summed E-state index contributed by atoms with van der Waals surface area (Å²) >= 11 is 6.20. The van der Waals surface area contributed by atoms with Gasteiger partial charge < -0.3 is 14.8 Å². The first-order valence-corrected chi connectivity index (χ1v) is 13.3. The minimum Gasteiger partial charge on any atom is -0.488 e. The number of alkyl halides is 3. The van der Waals surface area contributed by atoms with Crippen LogP contribution in [0.4, 0.5) is 26.3 Å². The Balaban J connectivity index is 0.000000882. The molecule has 1 fully saturated rings. The lowest BCUT2D eigenvalue weighted by molar-refractivity contribution is -0.146. The Labute approximate surface area is 242 Å². The molecule has 4 rings (SSSR count). The lowest BCUT2D eigenvalue weighted by Gasteiger charge is -2.16. The summed E-state index contributed by atoms with van der Waals surface area (Å²) in [6, 6.07) is 6.58. The standard InChI is InChI=1S/C26H22ClF6NO.C3H6.C2H6O/c1-3-15(2)11-17(13-34-26(31,32)33)19-5-4-6-20(19)21-12-18(27)8-10-23(21)35-14-16-7-9-22(28)25(30)24(16)29;1-2-3-1;1-3-2/h3,7-13,34H,1,4-6,14H2,2H3;1-3H2;1-2H3/b15-11+,17-13+;;. The third-order valence-electron chi connectivity index (χ3n) is 5.78. The highest BCUT2D eigenvalue weighted by atomic mass is 35.5. The Morgan fingerprint density at radius 3 is 2.24 bits per heavy atom. The zero-order valence-corrected chi connectivity index (χ0v) is 24.0. The first kappa shape index (κ1) is 34.0. The second-order valence-corrected chi connectivity index (χ2v) is 9.81. The minimum atomic E-state index is -4.61. The van der Waals surface area contributed by atoms with Gasteiger partial charge in [0.25, 0.3) is 0 Å². The van der Waals surface area contributed by atoms with Crippen LogP contribution in [0.5, 0.6) is 5.75 Å². The van der Waals surface area contributed by atoms with Gasteiger partial charge in [-0.15, -0.1) is 0 Å². The van der Waals surface area contributed by atoms with Gasteiger partial charge in [-0.05, 0) is 73.2 Å². The van der Waals surface area contributed by atoms with Crippen molar-refractivity contribution in [1.82, 2.24) is 5.32 Å². The molecule has 2 aromatic carbocycles. The van der Waals surface area contributed by atoms with Crippen molar-refractivity contribution in [3.05, 3.63) is 106 Å². The monoisotopic (exact) mass is 601 g/mol. The normalized spacial score (nSPS) is 15.0. The van der Waals surface area contributed by atoms with Crippen molar-refractivity contribution in [2.24, 2.45) is 0 Å². The van der Waals surface area contributed by atoms with Crippen LogP contribution in [-0.4, -0.2) is 20.5 Å². The van der Waals surface area contributed by atoms with Crippen LogP contribution in [0.3, 0.4) is 0 Å². The van der Waals surface area contributed by atoms with E-state index in [9.17, 15) is 26.3 Å². The molecule has 41 heavy (non-hydrogen) atoms. The van der Waals surface area contributed by atoms with E-state index in [2.05, 4.69) is 11.3 Å². The SMILES string of the molecule is C1CC1.C=C/C(C)=C/C(=C\NC(F)(F)F)C1=C(c2cc(Cl)ccc2OCc2ccc(F)c(F)c2F)CCC1.COC. The van der Waals surface area contributed by atoms with E-state index in [-0.39, 0.29) is 11.3 Å². The van der Waals surface area contributed by atoms with Crippen LogP contribution >= 0.6 is 11.6 Å². The van der Waals surface area contributed by atoms with E-state index in [1.807, 2.05) is 0 Å². The number of hydrogen-bond donors (Lipinski definition) is 1. The number of halogens is 7. The molecule has 0 unspecified atom stereocenters. The van der Waals surface area contributed by atoms with E-state index in [1.54, 1.807) is 45.4 Å². The highest BCUT2D eigenvalue weighted by molar-refractivity contribution is 6.30. The van der Waals surface area contributed by atoms with E-state index in [0.29, 0.717) is 46.6 Å². The lowest BCUT2D eigenvalue weighted by Crippen LogP contribution is -2.26. The number of nitrogens with one attached hydrogen (secondary N) is 1. The number of methoxy groups -OCH3 is 1. The van der Waals surface area contributed by atoms with Crippen molar-refractivity contribution in [2.75, 3.05) is 14.2 Å². The Kier molecular flexibility index (Phi) is 13.5. The van der Waals surface area contributed by atoms with Crippen molar-refractivity contribution in [3.63, 3.8) is 0 Å². The molecule has 0 atom stereocenters. The van der Waals surface area contributed by atoms with Crippen molar-refractivity contribution >= 4 is 17.2 Å². The average Bonchev–Trinajstić information content (AvgIpc) is 3.74. The van der Waals surface area contributed by atoms with Crippen LogP contribution < -0.4 is 10.1 Å². The molecular weight excluding hydrogens is 568 g/mol. The fourth-order valence-corrected chi connectivity index (χ4v) is 3.91. The van der Waals surface area contributed by atoms with Crippen LogP contribution in [-0.2, 0) is 11.3 Å². The molecule has 0 heterocycles. The summed E-state index contributed by atoms with van der Waals surface area (Å²) < 4.78 is 89.5. The van der Waals surface area contributed by atoms with Crippen molar-refractivity contribution in [2.45, 2.75) is 58.4 Å². The van der Waals surface area contributed by atoms with Gasteiger partial charge in [0.2, 0.25) is 0 Å². The van der Waals surface area contributed by atoms with E-state index in [0.717, 1.165) is 23.9 Å². The second-order valence-electron chi connectivity index (χ2n) is 9.38. The molecule has 0 saturated heterocycles. The summed E-state index contributed by atoms with van der Waals surface area (Å²) in [5.74, 6) is -3.98. The van der Waals surface area contributed by atoms with Gasteiger partial charge in [-0.3, -0.25) is 0 Å². The maximum Gasteiger partial charge on any atom is 0.481 e. The number of rotatable bonds is 8. The molecule has 0 aromatic heterocycles. The molecular formula is C31H34ClF6NO2. The quantitative estimate of drug-likeness (QED) is 0.141. The number of benzene rings is 2. The first-order chi connectivity index (χ1) is 19.4. The van der Waals surface area contributed by atoms with E-state index in [4.69, 9.17) is 16.3 Å². The second kappa shape index (κ2) is 16.3. The van der Waals surface area contributed by atoms with E-state index >= 15 is 0 Å². The third-order valence-corrected chi connectivity index (χ3v) is 6.02. The summed E-state index contributed by atoms with van der Waals surface area (Å²) in [6.45, 7) is 4.97. The van der Waals surface area contributed by atoms with E-state index < -0.39 is 30.4 Å². The summed E-state index contributed by atoms with van der Waals surface area (Å²) in [6.07, 6.45) is 5.63. The highest BCUT2D eigenvalue weighted by Crippen LogP contribution is 2.43. The van der Waals surface area contributed by atoms with Gasteiger partial charge in [0, 0.05) is 36.6 Å². The summed E-state index contributed by atoms with van der Waals surface area (Å²) in [7, 11) is 3.25. The summed E-state index contributed by atoms with van der Waals surface area (Å²) in [4.78, 5) is 0. The molecule has 0 amide bonds. The van der Waals surface area contributed by atoms with Crippen LogP contribution in [0.2, 0.25) is 5.02 Å². The molecule has 2 aliphatic carbocycles. The fraction of sp³-hybridized carbons (Fsp3) is 0.355. The third kappa shape index (κ3) is 11.3. The summed E-state index contributed by atoms with van der Waals surface area (Å²) in [5.41, 5.74) is 2.70. The van der Waals surface area contributed by atoms with Gasteiger partial charge >= 0.3 is 6.30 Å². The molecule has 3 nitrogen and oxygen atoms in total. The van der Waals surface area contributed by atoms with E-state index in [1.165, 1.54) is 30.7 Å². The molecule has 224 valence electrons. The van der Waals surface area contributed by atoms with Crippen LogP contribution in [0, 0.1) is 17.5 Å². The molecule has 0 radical (unpaired) electrons. The Hall–Kier alpha value is -3.17. The fourth-order valence-electron chi connectivity index (χ4n) is 3.74. The number of ether oxygens (including phenoxy) is 2. The molecule has 10 heteroatoms. The maximum atomic E-state index is 14.1. The van der Waals surface area contributed by atoms with Gasteiger partial charge in [0.05, 0.1) is 0 Å². The van der Waals surface area contributed by atoms with Crippen molar-refractivity contribution in [3.8, 4) is 5.75 Å². The van der Waals surface area contributed by atoms with Crippen LogP contribution in [0.25, 0.3) is 5.57 Å². The van der Waals surface area contributed by atoms with Crippen molar-refractivity contribution in [1.29, 1.82) is 0 Å². The molecule has 2 aliphatic rings. The van der Waals surface area contributed by atoms with Gasteiger partial charge in [-0.25, -0.2) is 13.2 Å². The van der Waals surface area contributed by atoms with Crippen LogP contribution in [0.1, 0.15) is 56.6 Å². The minimum absolute atomic E-state index is 0.190. The highest BCUT2D eigenvalue weighted by Gasteiger charge is 2.27. The van der Waals surface area contributed by atoms with Crippen molar-refractivity contribution < 1.29 is 35.8 Å². The zero-order chi connectivity index (χ0) is 30.6. The molecule has 1 saturated carbocycles. The molecule has 0 bridgehead atoms. The largest absolute Gasteiger partial charge is 0.488 e. The molecule has 2 aromatic rings. The Bertz CT molecular complexity index is 1280. The number of allylic oxidation sites excluding steroid dienone is 6.